The standard InChI is InChI=1S/C26H22N4.Pt/c1-25(2)19-9-5-7-17(15-19)22-12-14-28-24(30-22)26(3,4)20-10-6-8-18(16-20)21-11-13-27-23(25)29-21;/h5-14H,1-4H3;/q-2;+2. The van der Waals surface area contributed by atoms with Crippen LogP contribution in [0.2, 0.25) is 0 Å². The van der Waals surface area contributed by atoms with E-state index in [9.17, 15) is 0 Å². The van der Waals surface area contributed by atoms with Gasteiger partial charge >= 0.3 is 21.1 Å². The second-order valence-corrected chi connectivity index (χ2v) is 8.74. The monoisotopic (exact) mass is 585 g/mol. The van der Waals surface area contributed by atoms with Gasteiger partial charge in [0.05, 0.1) is 0 Å². The van der Waals surface area contributed by atoms with Crippen LogP contribution in [0.3, 0.4) is 0 Å². The molecule has 31 heavy (non-hydrogen) atoms. The normalized spacial score (nSPS) is 15.4. The Morgan fingerprint density at radius 1 is 0.613 bits per heavy atom. The molecule has 0 spiro atoms. The molecule has 0 radical (unpaired) electrons. The molecule has 2 aromatic heterocycles. The summed E-state index contributed by atoms with van der Waals surface area (Å²) in [7, 11) is 0. The van der Waals surface area contributed by atoms with Crippen LogP contribution in [0, 0.1) is 12.1 Å². The maximum absolute atomic E-state index is 4.92. The van der Waals surface area contributed by atoms with E-state index in [1.54, 1.807) is 0 Å². The first-order valence-electron chi connectivity index (χ1n) is 10.1. The Bertz CT molecular complexity index is 1070. The third-order valence-electron chi connectivity index (χ3n) is 5.92. The number of aromatic nitrogens is 4. The fourth-order valence-electron chi connectivity index (χ4n) is 3.83. The fourth-order valence-corrected chi connectivity index (χ4v) is 3.83. The summed E-state index contributed by atoms with van der Waals surface area (Å²) in [6.07, 6.45) is 3.65. The zero-order chi connectivity index (χ0) is 20.9. The number of hydrogen-bond acceptors (Lipinski definition) is 4. The van der Waals surface area contributed by atoms with E-state index in [-0.39, 0.29) is 21.1 Å². The Morgan fingerprint density at radius 2 is 1.03 bits per heavy atom. The molecule has 2 aromatic carbocycles. The number of rotatable bonds is 0. The van der Waals surface area contributed by atoms with Gasteiger partial charge in [0, 0.05) is 23.2 Å². The number of benzene rings is 2. The molecule has 8 bridgehead atoms. The first-order valence-corrected chi connectivity index (χ1v) is 10.1. The molecule has 0 N–H and O–H groups in total. The average Bonchev–Trinajstić information content (AvgIpc) is 2.79. The van der Waals surface area contributed by atoms with E-state index >= 15 is 0 Å². The fraction of sp³-hybridized carbons (Fsp3) is 0.231. The van der Waals surface area contributed by atoms with Gasteiger partial charge in [-0.25, -0.2) is 9.97 Å². The van der Waals surface area contributed by atoms with Crippen molar-refractivity contribution >= 4 is 0 Å². The van der Waals surface area contributed by atoms with Crippen molar-refractivity contribution in [2.24, 2.45) is 0 Å². The third kappa shape index (κ3) is 3.63. The maximum atomic E-state index is 4.92. The van der Waals surface area contributed by atoms with Crippen LogP contribution in [0.5, 0.6) is 0 Å². The average molecular weight is 586 g/mol. The van der Waals surface area contributed by atoms with E-state index in [4.69, 9.17) is 9.97 Å². The van der Waals surface area contributed by atoms with Crippen LogP contribution >= 0.6 is 0 Å². The Kier molecular flexibility index (Phi) is 5.39. The summed E-state index contributed by atoms with van der Waals surface area (Å²) < 4.78 is 0. The quantitative estimate of drug-likeness (QED) is 0.268. The van der Waals surface area contributed by atoms with Crippen LogP contribution in [0.1, 0.15) is 50.5 Å². The largest absolute Gasteiger partial charge is 2.00 e. The molecular formula is C26H22N4Pt. The minimum absolute atomic E-state index is 0. The minimum atomic E-state index is -0.414. The van der Waals surface area contributed by atoms with Crippen molar-refractivity contribution in [2.45, 2.75) is 38.5 Å². The van der Waals surface area contributed by atoms with E-state index < -0.39 is 10.8 Å². The summed E-state index contributed by atoms with van der Waals surface area (Å²) in [4.78, 5) is 19.1. The van der Waals surface area contributed by atoms with Crippen LogP contribution in [-0.4, -0.2) is 19.9 Å². The van der Waals surface area contributed by atoms with Crippen LogP contribution in [0.4, 0.5) is 0 Å². The van der Waals surface area contributed by atoms with Crippen molar-refractivity contribution < 1.29 is 21.1 Å². The molecule has 0 unspecified atom stereocenters. The molecular weight excluding hydrogens is 563 g/mol. The van der Waals surface area contributed by atoms with Crippen LogP contribution in [0.15, 0.2) is 60.9 Å². The molecule has 0 saturated carbocycles. The Morgan fingerprint density at radius 3 is 1.45 bits per heavy atom. The van der Waals surface area contributed by atoms with E-state index in [1.165, 1.54) is 0 Å². The molecule has 0 saturated heterocycles. The molecule has 0 aliphatic carbocycles. The molecule has 0 amide bonds. The van der Waals surface area contributed by atoms with Gasteiger partial charge in [-0.05, 0) is 11.4 Å². The molecule has 156 valence electrons. The van der Waals surface area contributed by atoms with Gasteiger partial charge in [0.25, 0.3) is 0 Å². The maximum Gasteiger partial charge on any atom is 2.00 e. The van der Waals surface area contributed by atoms with Crippen molar-refractivity contribution in [3.05, 3.63) is 95.8 Å². The summed E-state index contributed by atoms with van der Waals surface area (Å²) in [5.41, 5.74) is 4.79. The van der Waals surface area contributed by atoms with E-state index in [0.29, 0.717) is 0 Å². The smallest absolute Gasteiger partial charge is 0.282 e. The van der Waals surface area contributed by atoms with Gasteiger partial charge in [-0.15, -0.1) is 70.8 Å². The zero-order valence-electron chi connectivity index (χ0n) is 17.9. The number of hydrogen-bond donors (Lipinski definition) is 0. The van der Waals surface area contributed by atoms with Gasteiger partial charge in [0.1, 0.15) is 11.6 Å². The molecule has 0 fully saturated rings. The second kappa shape index (κ2) is 7.76. The van der Waals surface area contributed by atoms with Crippen LogP contribution in [0.25, 0.3) is 22.5 Å². The van der Waals surface area contributed by atoms with Gasteiger partial charge in [-0.2, -0.15) is 0 Å². The van der Waals surface area contributed by atoms with Gasteiger partial charge in [-0.1, -0.05) is 39.8 Å². The molecule has 5 rings (SSSR count). The first kappa shape index (κ1) is 21.5. The Balaban J connectivity index is 0.00000231. The van der Waals surface area contributed by atoms with E-state index in [2.05, 4.69) is 61.9 Å². The van der Waals surface area contributed by atoms with Gasteiger partial charge in [0.15, 0.2) is 0 Å². The van der Waals surface area contributed by atoms with Gasteiger partial charge < -0.3 is 0 Å². The van der Waals surface area contributed by atoms with E-state index in [0.717, 1.165) is 45.3 Å². The number of nitrogens with zero attached hydrogens (tertiary/aromatic N) is 4. The van der Waals surface area contributed by atoms with Gasteiger partial charge in [0.2, 0.25) is 0 Å². The van der Waals surface area contributed by atoms with Gasteiger partial charge in [-0.3, -0.25) is 9.97 Å². The van der Waals surface area contributed by atoms with Crippen molar-refractivity contribution in [1.29, 1.82) is 0 Å². The topological polar surface area (TPSA) is 51.6 Å². The Hall–Kier alpha value is -2.71. The molecule has 1 aliphatic heterocycles. The van der Waals surface area contributed by atoms with Crippen molar-refractivity contribution in [1.82, 2.24) is 19.9 Å². The van der Waals surface area contributed by atoms with Crippen LogP contribution in [-0.2, 0) is 31.9 Å². The molecule has 0 atom stereocenters. The molecule has 3 heterocycles. The van der Waals surface area contributed by atoms with Crippen molar-refractivity contribution in [3.63, 3.8) is 0 Å². The number of fused-ring (bicyclic) bond motifs is 10. The van der Waals surface area contributed by atoms with Crippen molar-refractivity contribution in [2.75, 3.05) is 0 Å². The second-order valence-electron chi connectivity index (χ2n) is 8.74. The molecule has 1 aliphatic rings. The molecule has 4 nitrogen and oxygen atoms in total. The summed E-state index contributed by atoms with van der Waals surface area (Å²) >= 11 is 0. The minimum Gasteiger partial charge on any atom is -0.282 e. The predicted octanol–water partition coefficient (Wildman–Crippen LogP) is 5.16. The van der Waals surface area contributed by atoms with Crippen molar-refractivity contribution in [3.8, 4) is 22.5 Å². The summed E-state index contributed by atoms with van der Waals surface area (Å²) in [5.74, 6) is 1.51. The van der Waals surface area contributed by atoms with E-state index in [1.807, 2.05) is 48.8 Å². The predicted molar refractivity (Wildman–Crippen MR) is 117 cm³/mol. The molecule has 5 heteroatoms. The van der Waals surface area contributed by atoms with Crippen LogP contribution < -0.4 is 0 Å². The summed E-state index contributed by atoms with van der Waals surface area (Å²) in [6, 6.07) is 23.3. The summed E-state index contributed by atoms with van der Waals surface area (Å²) in [6.45, 7) is 8.51. The third-order valence-corrected chi connectivity index (χ3v) is 5.92. The SMILES string of the molecule is CC1(C)c2[c-]c(ccc2)-c2ccnc(n2)C(C)(C)c2[c-]c(ccc2)-c2ccnc1n2.[Pt+2]. The zero-order valence-corrected chi connectivity index (χ0v) is 20.2. The first-order chi connectivity index (χ1) is 14.4. The molecule has 4 aromatic rings. The summed E-state index contributed by atoms with van der Waals surface area (Å²) in [5, 5.41) is 0. The Labute approximate surface area is 197 Å².